The summed E-state index contributed by atoms with van der Waals surface area (Å²) >= 11 is 0. The molecule has 0 unspecified atom stereocenters. The fourth-order valence-corrected chi connectivity index (χ4v) is 2.01. The van der Waals surface area contributed by atoms with Crippen molar-refractivity contribution in [3.05, 3.63) is 0 Å². The smallest absolute Gasteiger partial charge is 0.270 e. The molecule has 0 bridgehead atoms. The van der Waals surface area contributed by atoms with Gasteiger partial charge in [0.05, 0.1) is 0 Å². The van der Waals surface area contributed by atoms with E-state index < -0.39 is 0 Å². The average molecular weight is 224 g/mol. The molecule has 0 radical (unpaired) electrons. The standard InChI is InChI=1S/C10H16N4O2/c11-7-2-1-5-14(6-7)10(16)8-3-4-9(15)13-12-8/h7H,1-6,11H2,(H,13,15)/t7-/m1/s1. The Morgan fingerprint density at radius 3 is 2.94 bits per heavy atom. The van der Waals surface area contributed by atoms with Crippen LogP contribution in [0.3, 0.4) is 0 Å². The van der Waals surface area contributed by atoms with Crippen LogP contribution in [-0.2, 0) is 9.59 Å². The van der Waals surface area contributed by atoms with Crippen LogP contribution in [0.1, 0.15) is 25.7 Å². The minimum absolute atomic E-state index is 0.0662. The van der Waals surface area contributed by atoms with E-state index in [2.05, 4.69) is 10.5 Å². The summed E-state index contributed by atoms with van der Waals surface area (Å²) in [7, 11) is 0. The molecule has 2 aliphatic heterocycles. The first-order chi connectivity index (χ1) is 7.66. The molecule has 3 N–H and O–H groups in total. The zero-order chi connectivity index (χ0) is 11.5. The van der Waals surface area contributed by atoms with E-state index in [9.17, 15) is 9.59 Å². The maximum Gasteiger partial charge on any atom is 0.270 e. The number of hydrazone groups is 1. The molecule has 6 heteroatoms. The van der Waals surface area contributed by atoms with Crippen LogP contribution in [0.4, 0.5) is 0 Å². The van der Waals surface area contributed by atoms with E-state index in [0.29, 0.717) is 25.1 Å². The molecule has 0 aromatic rings. The van der Waals surface area contributed by atoms with Crippen molar-refractivity contribution in [1.82, 2.24) is 10.3 Å². The van der Waals surface area contributed by atoms with Crippen LogP contribution in [-0.4, -0.2) is 41.6 Å². The summed E-state index contributed by atoms with van der Waals surface area (Å²) in [6, 6.07) is 0.0662. The maximum atomic E-state index is 12.0. The molecule has 88 valence electrons. The quantitative estimate of drug-likeness (QED) is 0.611. The van der Waals surface area contributed by atoms with Gasteiger partial charge in [-0.2, -0.15) is 5.10 Å². The van der Waals surface area contributed by atoms with Gasteiger partial charge in [-0.05, 0) is 12.8 Å². The first kappa shape index (κ1) is 11.1. The highest BCUT2D eigenvalue weighted by atomic mass is 16.2. The van der Waals surface area contributed by atoms with Crippen molar-refractivity contribution in [3.63, 3.8) is 0 Å². The largest absolute Gasteiger partial charge is 0.336 e. The first-order valence-corrected chi connectivity index (χ1v) is 5.57. The number of likely N-dealkylation sites (tertiary alicyclic amines) is 1. The van der Waals surface area contributed by atoms with Crippen LogP contribution in [0, 0.1) is 0 Å². The zero-order valence-electron chi connectivity index (χ0n) is 9.11. The third-order valence-corrected chi connectivity index (χ3v) is 2.90. The maximum absolute atomic E-state index is 12.0. The molecule has 2 heterocycles. The molecule has 0 saturated carbocycles. The van der Waals surface area contributed by atoms with E-state index in [0.717, 1.165) is 19.4 Å². The highest BCUT2D eigenvalue weighted by Crippen LogP contribution is 2.11. The fraction of sp³-hybridized carbons (Fsp3) is 0.700. The summed E-state index contributed by atoms with van der Waals surface area (Å²) in [6.07, 6.45) is 2.67. The summed E-state index contributed by atoms with van der Waals surface area (Å²) < 4.78 is 0. The monoisotopic (exact) mass is 224 g/mol. The molecule has 0 aromatic carbocycles. The second-order valence-corrected chi connectivity index (χ2v) is 4.25. The topological polar surface area (TPSA) is 87.8 Å². The highest BCUT2D eigenvalue weighted by Gasteiger charge is 2.26. The second-order valence-electron chi connectivity index (χ2n) is 4.25. The number of piperidine rings is 1. The first-order valence-electron chi connectivity index (χ1n) is 5.57. The Morgan fingerprint density at radius 1 is 1.50 bits per heavy atom. The number of hydrogen-bond donors (Lipinski definition) is 2. The second kappa shape index (κ2) is 4.61. The van der Waals surface area contributed by atoms with Crippen molar-refractivity contribution in [2.75, 3.05) is 13.1 Å². The summed E-state index contributed by atoms with van der Waals surface area (Å²) in [4.78, 5) is 24.6. The SMILES string of the molecule is N[C@@H]1CCCN(C(=O)C2=NNC(=O)CC2)C1. The van der Waals surface area contributed by atoms with Gasteiger partial charge < -0.3 is 10.6 Å². The molecule has 6 nitrogen and oxygen atoms in total. The Hall–Kier alpha value is -1.43. The van der Waals surface area contributed by atoms with Crippen molar-refractivity contribution in [2.45, 2.75) is 31.7 Å². The van der Waals surface area contributed by atoms with Gasteiger partial charge in [-0.15, -0.1) is 0 Å². The zero-order valence-corrected chi connectivity index (χ0v) is 9.11. The fourth-order valence-electron chi connectivity index (χ4n) is 2.01. The van der Waals surface area contributed by atoms with Crippen LogP contribution in [0.15, 0.2) is 5.10 Å². The number of nitrogens with zero attached hydrogens (tertiary/aromatic N) is 2. The lowest BCUT2D eigenvalue weighted by Crippen LogP contribution is -2.49. The molecule has 1 fully saturated rings. The van der Waals surface area contributed by atoms with Gasteiger partial charge in [0.2, 0.25) is 5.91 Å². The Kier molecular flexibility index (Phi) is 3.19. The van der Waals surface area contributed by atoms with Gasteiger partial charge in [0.1, 0.15) is 5.71 Å². The Labute approximate surface area is 93.9 Å². The van der Waals surface area contributed by atoms with Crippen LogP contribution < -0.4 is 11.2 Å². The lowest BCUT2D eigenvalue weighted by atomic mass is 10.0. The van der Waals surface area contributed by atoms with E-state index in [-0.39, 0.29) is 17.9 Å². The molecule has 2 rings (SSSR count). The number of nitrogens with two attached hydrogens (primary N) is 1. The van der Waals surface area contributed by atoms with Crippen molar-refractivity contribution in [1.29, 1.82) is 0 Å². The Balaban J connectivity index is 1.99. The number of carbonyl (C=O) groups is 2. The summed E-state index contributed by atoms with van der Waals surface area (Å²) in [5.74, 6) is -0.220. The summed E-state index contributed by atoms with van der Waals surface area (Å²) in [5, 5.41) is 3.80. The normalized spacial score (nSPS) is 26.1. The Bertz CT molecular complexity index is 340. The average Bonchev–Trinajstić information content (AvgIpc) is 2.29. The Morgan fingerprint density at radius 2 is 2.31 bits per heavy atom. The third kappa shape index (κ3) is 2.38. The van der Waals surface area contributed by atoms with E-state index in [4.69, 9.17) is 5.73 Å². The number of carbonyl (C=O) groups excluding carboxylic acids is 2. The third-order valence-electron chi connectivity index (χ3n) is 2.90. The molecule has 2 amide bonds. The minimum atomic E-state index is -0.133. The van der Waals surface area contributed by atoms with Gasteiger partial charge >= 0.3 is 0 Å². The van der Waals surface area contributed by atoms with Gasteiger partial charge in [0.15, 0.2) is 0 Å². The molecular weight excluding hydrogens is 208 g/mol. The van der Waals surface area contributed by atoms with Gasteiger partial charge in [-0.1, -0.05) is 0 Å². The number of rotatable bonds is 1. The summed E-state index contributed by atoms with van der Waals surface area (Å²) in [5.41, 5.74) is 8.58. The minimum Gasteiger partial charge on any atom is -0.336 e. The molecule has 0 aliphatic carbocycles. The number of amides is 2. The van der Waals surface area contributed by atoms with Crippen LogP contribution >= 0.6 is 0 Å². The van der Waals surface area contributed by atoms with Gasteiger partial charge in [-0.3, -0.25) is 9.59 Å². The van der Waals surface area contributed by atoms with Gasteiger partial charge in [0, 0.05) is 32.0 Å². The van der Waals surface area contributed by atoms with Gasteiger partial charge in [0.25, 0.3) is 5.91 Å². The van der Waals surface area contributed by atoms with Crippen molar-refractivity contribution >= 4 is 17.5 Å². The van der Waals surface area contributed by atoms with E-state index >= 15 is 0 Å². The van der Waals surface area contributed by atoms with Crippen molar-refractivity contribution < 1.29 is 9.59 Å². The van der Waals surface area contributed by atoms with Crippen molar-refractivity contribution in [2.24, 2.45) is 10.8 Å². The molecule has 0 aromatic heterocycles. The molecule has 1 atom stereocenters. The number of hydrogen-bond acceptors (Lipinski definition) is 4. The van der Waals surface area contributed by atoms with E-state index in [1.165, 1.54) is 0 Å². The molecule has 1 saturated heterocycles. The lowest BCUT2D eigenvalue weighted by molar-refractivity contribution is -0.125. The van der Waals surface area contributed by atoms with Crippen LogP contribution in [0.25, 0.3) is 0 Å². The van der Waals surface area contributed by atoms with Crippen LogP contribution in [0.2, 0.25) is 0 Å². The number of nitrogens with one attached hydrogen (secondary N) is 1. The lowest BCUT2D eigenvalue weighted by Gasteiger charge is -2.31. The van der Waals surface area contributed by atoms with E-state index in [1.54, 1.807) is 4.90 Å². The van der Waals surface area contributed by atoms with E-state index in [1.807, 2.05) is 0 Å². The highest BCUT2D eigenvalue weighted by molar-refractivity contribution is 6.39. The predicted octanol–water partition coefficient (Wildman–Crippen LogP) is -0.798. The molecule has 2 aliphatic rings. The van der Waals surface area contributed by atoms with Gasteiger partial charge in [-0.25, -0.2) is 5.43 Å². The molecule has 0 spiro atoms. The van der Waals surface area contributed by atoms with Crippen molar-refractivity contribution in [3.8, 4) is 0 Å². The molecule has 16 heavy (non-hydrogen) atoms. The predicted molar refractivity (Wildman–Crippen MR) is 58.6 cm³/mol. The van der Waals surface area contributed by atoms with Crippen LogP contribution in [0.5, 0.6) is 0 Å². The molecular formula is C10H16N4O2. The summed E-state index contributed by atoms with van der Waals surface area (Å²) in [6.45, 7) is 1.32.